The molecule has 11 nitrogen and oxygen atoms in total. The number of carbonyl (C=O) groups excluding carboxylic acids is 2. The van der Waals surface area contributed by atoms with Gasteiger partial charge in [-0.3, -0.25) is 14.3 Å². The van der Waals surface area contributed by atoms with Gasteiger partial charge in [0.2, 0.25) is 5.88 Å². The summed E-state index contributed by atoms with van der Waals surface area (Å²) in [5, 5.41) is 7.92. The molecule has 276 valence electrons. The minimum atomic E-state index is -3.62. The van der Waals surface area contributed by atoms with Crippen molar-refractivity contribution >= 4 is 27.4 Å². The van der Waals surface area contributed by atoms with Gasteiger partial charge in [0.1, 0.15) is 21.2 Å². The normalized spacial score (nSPS) is 29.3. The third kappa shape index (κ3) is 7.19. The molecule has 2 amide bonds. The second-order valence-corrected chi connectivity index (χ2v) is 17.2. The Morgan fingerprint density at radius 2 is 1.94 bits per heavy atom. The lowest BCUT2D eigenvalue weighted by molar-refractivity contribution is 0.0131. The van der Waals surface area contributed by atoms with Crippen LogP contribution in [0, 0.1) is 31.6 Å². The van der Waals surface area contributed by atoms with Gasteiger partial charge in [-0.1, -0.05) is 42.8 Å². The molecule has 1 N–H and O–H groups in total. The van der Waals surface area contributed by atoms with E-state index in [0.29, 0.717) is 36.3 Å². The van der Waals surface area contributed by atoms with E-state index >= 15 is 0 Å². The fraction of sp³-hybridized carbons (Fsp3) is 0.500. The van der Waals surface area contributed by atoms with Crippen LogP contribution in [0.1, 0.15) is 82.1 Å². The minimum Gasteiger partial charge on any atom is -0.490 e. The Balaban J connectivity index is 1.31. The smallest absolute Gasteiger partial charge is 0.286 e. The number of fused-ring (bicyclic) bond motifs is 4. The molecule has 0 radical (unpaired) electrons. The summed E-state index contributed by atoms with van der Waals surface area (Å²) < 4.78 is 39.6. The summed E-state index contributed by atoms with van der Waals surface area (Å²) in [5.74, 6) is -0.174. The molecule has 2 aliphatic heterocycles. The molecule has 2 bridgehead atoms. The molecule has 12 heteroatoms. The summed E-state index contributed by atoms with van der Waals surface area (Å²) in [7, 11) is -0.472. The predicted molar refractivity (Wildman–Crippen MR) is 200 cm³/mol. The van der Waals surface area contributed by atoms with Crippen molar-refractivity contribution in [2.75, 3.05) is 44.6 Å². The fourth-order valence-electron chi connectivity index (χ4n) is 8.52. The van der Waals surface area contributed by atoms with Crippen LogP contribution in [0.2, 0.25) is 0 Å². The van der Waals surface area contributed by atoms with Crippen LogP contribution in [0.3, 0.4) is 0 Å². The highest BCUT2D eigenvalue weighted by atomic mass is 32.2. The van der Waals surface area contributed by atoms with Crippen molar-refractivity contribution in [2.45, 2.75) is 70.8 Å². The van der Waals surface area contributed by atoms with Crippen molar-refractivity contribution in [3.63, 3.8) is 0 Å². The lowest BCUT2D eigenvalue weighted by atomic mass is 9.68. The molecule has 1 saturated carbocycles. The van der Waals surface area contributed by atoms with Gasteiger partial charge in [0.05, 0.1) is 37.0 Å². The van der Waals surface area contributed by atoms with Crippen molar-refractivity contribution in [1.82, 2.24) is 14.9 Å². The average molecular weight is 728 g/mol. The molecule has 2 aromatic carbocycles. The zero-order chi connectivity index (χ0) is 36.6. The van der Waals surface area contributed by atoms with E-state index in [1.165, 1.54) is 29.9 Å². The summed E-state index contributed by atoms with van der Waals surface area (Å²) in [6.07, 6.45) is 9.99. The Morgan fingerprint density at radius 3 is 2.71 bits per heavy atom. The van der Waals surface area contributed by atoms with E-state index in [1.807, 2.05) is 19.1 Å². The van der Waals surface area contributed by atoms with Gasteiger partial charge in [0.25, 0.3) is 11.8 Å². The molecular formula is C40H49N5O6S. The molecule has 1 aromatic heterocycles. The number of aryl methyl sites for hydroxylation is 3. The van der Waals surface area contributed by atoms with E-state index in [9.17, 15) is 13.8 Å². The molecule has 4 aliphatic rings. The Hall–Kier alpha value is -4.29. The van der Waals surface area contributed by atoms with E-state index in [0.717, 1.165) is 50.9 Å². The second-order valence-electron chi connectivity index (χ2n) is 15.2. The van der Waals surface area contributed by atoms with Gasteiger partial charge in [-0.05, 0) is 106 Å². The summed E-state index contributed by atoms with van der Waals surface area (Å²) in [4.78, 5) is 30.1. The molecule has 3 heterocycles. The Labute approximate surface area is 306 Å². The molecule has 0 saturated heterocycles. The van der Waals surface area contributed by atoms with Crippen molar-refractivity contribution in [3.8, 4) is 11.6 Å². The van der Waals surface area contributed by atoms with Gasteiger partial charge in [-0.15, -0.1) is 9.46 Å². The van der Waals surface area contributed by atoms with Crippen LogP contribution in [-0.2, 0) is 26.5 Å². The van der Waals surface area contributed by atoms with E-state index in [2.05, 4.69) is 61.5 Å². The van der Waals surface area contributed by atoms with Crippen molar-refractivity contribution in [2.24, 2.45) is 22.1 Å². The molecular weight excluding hydrogens is 679 g/mol. The zero-order valence-corrected chi connectivity index (χ0v) is 31.5. The zero-order valence-electron chi connectivity index (χ0n) is 30.7. The van der Waals surface area contributed by atoms with Crippen LogP contribution in [0.15, 0.2) is 59.0 Å². The van der Waals surface area contributed by atoms with Crippen molar-refractivity contribution in [1.29, 1.82) is 0 Å². The van der Waals surface area contributed by atoms with E-state index in [4.69, 9.17) is 14.2 Å². The topological polar surface area (TPSA) is 132 Å². The first-order chi connectivity index (χ1) is 25.0. The average Bonchev–Trinajstić information content (AvgIpc) is 3.25. The number of allylic oxidation sites excluding steroid dienone is 1. The highest BCUT2D eigenvalue weighted by molar-refractivity contribution is 7.92. The Bertz CT molecular complexity index is 2020. The van der Waals surface area contributed by atoms with Gasteiger partial charge in [-0.2, -0.15) is 5.10 Å². The number of benzene rings is 2. The monoisotopic (exact) mass is 727 g/mol. The van der Waals surface area contributed by atoms with Crippen LogP contribution >= 0.6 is 0 Å². The fourth-order valence-corrected chi connectivity index (χ4v) is 10.4. The van der Waals surface area contributed by atoms with Gasteiger partial charge in [-0.25, -0.2) is 4.21 Å². The number of nitrogens with zero attached hydrogens (tertiary/aromatic N) is 4. The second kappa shape index (κ2) is 14.6. The third-order valence-corrected chi connectivity index (χ3v) is 13.3. The maximum absolute atomic E-state index is 14.6. The molecule has 6 atom stereocenters. The largest absolute Gasteiger partial charge is 0.490 e. The molecule has 52 heavy (non-hydrogen) atoms. The maximum atomic E-state index is 14.6. The summed E-state index contributed by atoms with van der Waals surface area (Å²) >= 11 is 0. The maximum Gasteiger partial charge on any atom is 0.286 e. The third-order valence-electron chi connectivity index (χ3n) is 11.3. The number of rotatable bonds is 4. The number of carbonyl (C=O) groups is 2. The van der Waals surface area contributed by atoms with E-state index in [-0.39, 0.29) is 40.2 Å². The number of ether oxygens (including phenoxy) is 3. The van der Waals surface area contributed by atoms with Gasteiger partial charge in [0.15, 0.2) is 0 Å². The number of amides is 2. The number of methoxy groups -OCH3 is 2. The number of anilines is 1. The highest BCUT2D eigenvalue weighted by Gasteiger charge is 2.44. The molecule has 7 rings (SSSR count). The van der Waals surface area contributed by atoms with Crippen LogP contribution < -0.4 is 19.1 Å². The highest BCUT2D eigenvalue weighted by Crippen LogP contribution is 2.47. The first-order valence-corrected chi connectivity index (χ1v) is 20.0. The van der Waals surface area contributed by atoms with Crippen LogP contribution in [-0.4, -0.2) is 72.0 Å². The molecule has 1 fully saturated rings. The lowest BCUT2D eigenvalue weighted by Gasteiger charge is -2.46. The molecule has 1 unspecified atom stereocenters. The summed E-state index contributed by atoms with van der Waals surface area (Å²) in [6.45, 7) is 7.84. The van der Waals surface area contributed by atoms with Gasteiger partial charge >= 0.3 is 0 Å². The first-order valence-electron chi connectivity index (χ1n) is 18.3. The predicted octanol–water partition coefficient (Wildman–Crippen LogP) is 6.17. The molecule has 3 aromatic rings. The first kappa shape index (κ1) is 36.1. The van der Waals surface area contributed by atoms with Gasteiger partial charge in [0, 0.05) is 31.2 Å². The number of hydrogen-bond acceptors (Lipinski definition) is 9. The van der Waals surface area contributed by atoms with Gasteiger partial charge < -0.3 is 19.1 Å². The van der Waals surface area contributed by atoms with E-state index < -0.39 is 21.7 Å². The summed E-state index contributed by atoms with van der Waals surface area (Å²) in [6, 6.07) is 13.7. The Kier molecular flexibility index (Phi) is 10.1. The van der Waals surface area contributed by atoms with Crippen LogP contribution in [0.4, 0.5) is 5.69 Å². The van der Waals surface area contributed by atoms with Crippen molar-refractivity contribution < 1.29 is 28.0 Å². The lowest BCUT2D eigenvalue weighted by Crippen LogP contribution is -2.49. The standard InChI is InChI=1S/C40H49N5O6S/c1-25-11-15-33-28(18-25)9-7-17-40(33)23-45-21-30-12-14-31(30)35(49-4)10-6-8-26(2)22-52(48,44-38(47)32-19-27(3)41-42-39(32)50-5)43-37(46)29-13-16-36(51-24-40)34(45)20-29/h6,10-11,13,15-16,18-20,26,30-31,35H,7-9,12,14,17,21-24H2,1-5H3,(H,43,44,46,47,48)/b10-6+/t26-,30-,31+,35-,40-,52?/m0/s1. The number of nitrogens with one attached hydrogen (secondary N) is 1. The summed E-state index contributed by atoms with van der Waals surface area (Å²) in [5.41, 5.74) is 5.43. The SMILES string of the molecule is COc1nnc(C)cc1C(=O)NS1(=O)=NC(=O)c2ccc3c(c2)N(C[C@@H]2CC[C@H]2[C@@H](OC)/C=C/C[C@H](C)C1)C[C@@]1(CCCc2cc(C)ccc21)CO3. The van der Waals surface area contributed by atoms with E-state index in [1.54, 1.807) is 20.1 Å². The number of aromatic nitrogens is 2. The molecule has 1 spiro atoms. The molecule has 2 aliphatic carbocycles. The number of hydrogen-bond donors (Lipinski definition) is 1. The Morgan fingerprint density at radius 1 is 1.10 bits per heavy atom. The quantitative estimate of drug-likeness (QED) is 0.314. The van der Waals surface area contributed by atoms with Crippen LogP contribution in [0.5, 0.6) is 11.6 Å². The minimum absolute atomic E-state index is 0.0131. The van der Waals surface area contributed by atoms with Crippen LogP contribution in [0.25, 0.3) is 0 Å². The van der Waals surface area contributed by atoms with Crippen molar-refractivity contribution in [3.05, 3.63) is 88.1 Å².